The van der Waals surface area contributed by atoms with Gasteiger partial charge in [-0.25, -0.2) is 4.98 Å². The van der Waals surface area contributed by atoms with Gasteiger partial charge in [-0.15, -0.1) is 0 Å². The fourth-order valence-electron chi connectivity index (χ4n) is 5.13. The van der Waals surface area contributed by atoms with Crippen LogP contribution in [0.5, 0.6) is 17.2 Å². The third-order valence-corrected chi connectivity index (χ3v) is 8.46. The topological polar surface area (TPSA) is 104 Å². The number of fused-ring (bicyclic) bond motifs is 1. The lowest BCUT2D eigenvalue weighted by Gasteiger charge is -2.18. The fourth-order valence-corrected chi connectivity index (χ4v) is 6.04. The van der Waals surface area contributed by atoms with Gasteiger partial charge in [-0.3, -0.25) is 9.59 Å². The van der Waals surface area contributed by atoms with E-state index in [9.17, 15) is 9.59 Å². The molecule has 5 rings (SSSR count). The number of halogens is 2. The number of aromatic nitrogens is 2. The van der Waals surface area contributed by atoms with Crippen molar-refractivity contribution >= 4 is 62.9 Å². The number of anilines is 1. The van der Waals surface area contributed by atoms with Gasteiger partial charge in [0.2, 0.25) is 0 Å². The van der Waals surface area contributed by atoms with Crippen molar-refractivity contribution in [1.82, 2.24) is 9.66 Å². The number of amides is 1. The van der Waals surface area contributed by atoms with Gasteiger partial charge in [0.1, 0.15) is 5.75 Å². The van der Waals surface area contributed by atoms with Gasteiger partial charge in [0, 0.05) is 16.3 Å². The standard InChI is InChI=1S/C37H36ClIN4O5/c1-6-46-32-16-23(5)29(19-28(32)22(3)4)36-42-31-11-9-8-10-27(31)37(45)43(36)40-20-24-17-30(39)35(33(18-24)47-7-2)48-21-34(44)41-26-14-12-25(38)13-15-26/h8-20,22H,6-7,21H2,1-5H3,(H,41,44). The molecule has 0 aliphatic rings. The summed E-state index contributed by atoms with van der Waals surface area (Å²) in [6.07, 6.45) is 1.59. The maximum Gasteiger partial charge on any atom is 0.282 e. The molecule has 1 N–H and O–H groups in total. The predicted octanol–water partition coefficient (Wildman–Crippen LogP) is 8.45. The van der Waals surface area contributed by atoms with E-state index in [1.807, 2.05) is 57.2 Å². The summed E-state index contributed by atoms with van der Waals surface area (Å²) in [6, 6.07) is 21.7. The van der Waals surface area contributed by atoms with Crippen LogP contribution in [0.1, 0.15) is 50.3 Å². The van der Waals surface area contributed by atoms with Crippen LogP contribution in [0.4, 0.5) is 5.69 Å². The zero-order chi connectivity index (χ0) is 34.4. The van der Waals surface area contributed by atoms with Crippen molar-refractivity contribution in [2.24, 2.45) is 5.10 Å². The van der Waals surface area contributed by atoms with Gasteiger partial charge in [-0.1, -0.05) is 37.6 Å². The molecule has 0 unspecified atom stereocenters. The highest BCUT2D eigenvalue weighted by Gasteiger charge is 2.19. The molecule has 0 fully saturated rings. The van der Waals surface area contributed by atoms with Gasteiger partial charge >= 0.3 is 0 Å². The fraction of sp³-hybridized carbons (Fsp3) is 0.243. The zero-order valence-electron chi connectivity index (χ0n) is 27.3. The number of rotatable bonds is 12. The SMILES string of the molecule is CCOc1cc(C)c(-c2nc3ccccc3c(=O)n2N=Cc2cc(I)c(OCC(=O)Nc3ccc(Cl)cc3)c(OCC)c2)cc1C(C)C. The number of aryl methyl sites for hydroxylation is 1. The van der Waals surface area contributed by atoms with Gasteiger partial charge < -0.3 is 19.5 Å². The van der Waals surface area contributed by atoms with Crippen LogP contribution in [0.15, 0.2) is 82.7 Å². The molecule has 0 radical (unpaired) electrons. The summed E-state index contributed by atoms with van der Waals surface area (Å²) < 4.78 is 19.8. The number of benzene rings is 4. The summed E-state index contributed by atoms with van der Waals surface area (Å²) in [7, 11) is 0. The molecule has 5 aromatic rings. The van der Waals surface area contributed by atoms with Crippen molar-refractivity contribution in [2.75, 3.05) is 25.1 Å². The van der Waals surface area contributed by atoms with Crippen LogP contribution in [0, 0.1) is 10.5 Å². The van der Waals surface area contributed by atoms with E-state index in [0.29, 0.717) is 61.3 Å². The summed E-state index contributed by atoms with van der Waals surface area (Å²) >= 11 is 8.07. The highest BCUT2D eigenvalue weighted by atomic mass is 127. The van der Waals surface area contributed by atoms with Crippen molar-refractivity contribution in [3.63, 3.8) is 0 Å². The Balaban J connectivity index is 1.52. The molecule has 1 aromatic heterocycles. The number of carbonyl (C=O) groups is 1. The summed E-state index contributed by atoms with van der Waals surface area (Å²) in [4.78, 5) is 31.5. The Morgan fingerprint density at radius 3 is 2.42 bits per heavy atom. The van der Waals surface area contributed by atoms with Crippen LogP contribution < -0.4 is 25.1 Å². The lowest BCUT2D eigenvalue weighted by molar-refractivity contribution is -0.118. The molecule has 0 bridgehead atoms. The molecule has 48 heavy (non-hydrogen) atoms. The minimum Gasteiger partial charge on any atom is -0.494 e. The summed E-state index contributed by atoms with van der Waals surface area (Å²) in [5.74, 6) is 1.95. The first-order chi connectivity index (χ1) is 23.1. The van der Waals surface area contributed by atoms with Crippen molar-refractivity contribution < 1.29 is 19.0 Å². The molecule has 1 amide bonds. The van der Waals surface area contributed by atoms with Gasteiger partial charge in [-0.05, 0) is 127 Å². The maximum absolute atomic E-state index is 13.9. The van der Waals surface area contributed by atoms with Crippen molar-refractivity contribution in [3.8, 4) is 28.6 Å². The van der Waals surface area contributed by atoms with Crippen molar-refractivity contribution in [2.45, 2.75) is 40.5 Å². The third kappa shape index (κ3) is 7.99. The number of carbonyl (C=O) groups excluding carboxylic acids is 1. The van der Waals surface area contributed by atoms with Crippen LogP contribution in [-0.2, 0) is 4.79 Å². The van der Waals surface area contributed by atoms with Crippen LogP contribution >= 0.6 is 34.2 Å². The zero-order valence-corrected chi connectivity index (χ0v) is 30.3. The van der Waals surface area contributed by atoms with Gasteiger partial charge in [0.25, 0.3) is 11.5 Å². The van der Waals surface area contributed by atoms with Crippen LogP contribution in [0.3, 0.4) is 0 Å². The minimum absolute atomic E-state index is 0.179. The largest absolute Gasteiger partial charge is 0.494 e. The van der Waals surface area contributed by atoms with Gasteiger partial charge in [-0.2, -0.15) is 9.78 Å². The second kappa shape index (κ2) is 15.7. The van der Waals surface area contributed by atoms with Crippen molar-refractivity contribution in [3.05, 3.63) is 108 Å². The van der Waals surface area contributed by atoms with Gasteiger partial charge in [0.05, 0.1) is 33.9 Å². The Labute approximate surface area is 298 Å². The number of ether oxygens (including phenoxy) is 3. The molecule has 11 heteroatoms. The monoisotopic (exact) mass is 778 g/mol. The summed E-state index contributed by atoms with van der Waals surface area (Å²) in [5, 5.41) is 8.51. The van der Waals surface area contributed by atoms with E-state index < -0.39 is 0 Å². The Morgan fingerprint density at radius 1 is 1.00 bits per heavy atom. The molecule has 9 nitrogen and oxygen atoms in total. The van der Waals surface area contributed by atoms with E-state index in [0.717, 1.165) is 22.4 Å². The first kappa shape index (κ1) is 34.9. The Kier molecular flexibility index (Phi) is 11.4. The van der Waals surface area contributed by atoms with Crippen LogP contribution in [-0.4, -0.2) is 41.6 Å². The minimum atomic E-state index is -0.331. The average molecular weight is 779 g/mol. The van der Waals surface area contributed by atoms with E-state index in [1.54, 1.807) is 42.6 Å². The average Bonchev–Trinajstić information content (AvgIpc) is 3.05. The Morgan fingerprint density at radius 2 is 1.71 bits per heavy atom. The number of hydrogen-bond donors (Lipinski definition) is 1. The quantitative estimate of drug-likeness (QED) is 0.101. The lowest BCUT2D eigenvalue weighted by Crippen LogP contribution is -2.21. The molecule has 1 heterocycles. The number of nitrogens with one attached hydrogen (secondary N) is 1. The second-order valence-corrected chi connectivity index (χ2v) is 12.8. The van der Waals surface area contributed by atoms with Gasteiger partial charge in [0.15, 0.2) is 23.9 Å². The highest BCUT2D eigenvalue weighted by Crippen LogP contribution is 2.36. The molecule has 0 spiro atoms. The predicted molar refractivity (Wildman–Crippen MR) is 200 cm³/mol. The Bertz CT molecular complexity index is 2040. The molecule has 0 aliphatic carbocycles. The van der Waals surface area contributed by atoms with Crippen molar-refractivity contribution in [1.29, 1.82) is 0 Å². The van der Waals surface area contributed by atoms with Crippen LogP contribution in [0.2, 0.25) is 5.02 Å². The molecule has 0 saturated heterocycles. The third-order valence-electron chi connectivity index (χ3n) is 7.40. The molecule has 0 aliphatic heterocycles. The first-order valence-electron chi connectivity index (χ1n) is 15.6. The van der Waals surface area contributed by atoms with E-state index in [-0.39, 0.29) is 24.0 Å². The smallest absolute Gasteiger partial charge is 0.282 e. The number of hydrogen-bond acceptors (Lipinski definition) is 7. The summed E-state index contributed by atoms with van der Waals surface area (Å²) in [6.45, 7) is 10.7. The normalized spacial score (nSPS) is 11.3. The molecule has 0 atom stereocenters. The van der Waals surface area contributed by atoms with E-state index >= 15 is 0 Å². The molecular weight excluding hydrogens is 743 g/mol. The molecule has 4 aromatic carbocycles. The maximum atomic E-state index is 13.9. The molecular formula is C37H36ClIN4O5. The Hall–Kier alpha value is -4.42. The summed E-state index contributed by atoms with van der Waals surface area (Å²) in [5.41, 5.74) is 4.27. The van der Waals surface area contributed by atoms with E-state index in [2.05, 4.69) is 46.9 Å². The van der Waals surface area contributed by atoms with Crippen LogP contribution in [0.25, 0.3) is 22.3 Å². The van der Waals surface area contributed by atoms with E-state index in [1.165, 1.54) is 4.68 Å². The molecule has 248 valence electrons. The van der Waals surface area contributed by atoms with E-state index in [4.69, 9.17) is 30.8 Å². The second-order valence-electron chi connectivity index (χ2n) is 11.2. The number of para-hydroxylation sites is 1. The highest BCUT2D eigenvalue weighted by molar-refractivity contribution is 14.1. The first-order valence-corrected chi connectivity index (χ1v) is 17.0. The number of nitrogens with zero attached hydrogens (tertiary/aromatic N) is 3. The molecule has 0 saturated carbocycles. The lowest BCUT2D eigenvalue weighted by atomic mass is 9.96.